The molecule has 1 atom stereocenters. The Bertz CT molecular complexity index is 733. The maximum absolute atomic E-state index is 12.8. The number of nitrogens with zero attached hydrogens (tertiary/aromatic N) is 2. The Labute approximate surface area is 129 Å². The van der Waals surface area contributed by atoms with Crippen LogP contribution in [0.1, 0.15) is 13.3 Å². The molecule has 2 aromatic rings. The molecule has 1 N–H and O–H groups in total. The number of carbonyl (C=O) groups is 1. The first kappa shape index (κ1) is 16.0. The molecule has 116 valence electrons. The second-order valence-corrected chi connectivity index (χ2v) is 6.51. The van der Waals surface area contributed by atoms with Gasteiger partial charge in [-0.2, -0.15) is 8.42 Å². The van der Waals surface area contributed by atoms with Crippen LogP contribution >= 0.6 is 0 Å². The molecule has 7 heteroatoms. The highest BCUT2D eigenvalue weighted by Crippen LogP contribution is 2.26. The zero-order valence-corrected chi connectivity index (χ0v) is 12.8. The third kappa shape index (κ3) is 3.43. The van der Waals surface area contributed by atoms with Gasteiger partial charge in [-0.3, -0.25) is 9.10 Å². The highest BCUT2D eigenvalue weighted by atomic mass is 32.2. The summed E-state index contributed by atoms with van der Waals surface area (Å²) in [5.74, 6) is -1.07. The fourth-order valence-corrected chi connectivity index (χ4v) is 3.73. The molecule has 0 radical (unpaired) electrons. The number of hydrogen-bond donors (Lipinski definition) is 1. The average Bonchev–Trinajstić information content (AvgIpc) is 2.48. The number of aliphatic carboxylic acids is 1. The third-order valence-corrected chi connectivity index (χ3v) is 4.90. The van der Waals surface area contributed by atoms with Crippen LogP contribution < -0.4 is 4.31 Å². The summed E-state index contributed by atoms with van der Waals surface area (Å²) < 4.78 is 26.8. The molecule has 1 unspecified atom stereocenters. The minimum Gasteiger partial charge on any atom is -0.481 e. The van der Waals surface area contributed by atoms with Gasteiger partial charge in [0.1, 0.15) is 0 Å². The maximum atomic E-state index is 12.8. The summed E-state index contributed by atoms with van der Waals surface area (Å²) in [4.78, 5) is 14.9. The van der Waals surface area contributed by atoms with Gasteiger partial charge in [0.2, 0.25) is 0 Å². The fraction of sp³-hybridized carbons (Fsp3) is 0.200. The molecule has 0 fully saturated rings. The first-order chi connectivity index (χ1) is 10.4. The number of anilines is 1. The molecule has 0 spiro atoms. The lowest BCUT2D eigenvalue weighted by Gasteiger charge is -2.29. The smallest absolute Gasteiger partial charge is 0.305 e. The van der Waals surface area contributed by atoms with Crippen molar-refractivity contribution in [2.24, 2.45) is 0 Å². The van der Waals surface area contributed by atoms with Gasteiger partial charge in [0.05, 0.1) is 18.2 Å². The van der Waals surface area contributed by atoms with Crippen LogP contribution in [0.25, 0.3) is 0 Å². The molecule has 0 aliphatic rings. The summed E-state index contributed by atoms with van der Waals surface area (Å²) in [7, 11) is -3.94. The topological polar surface area (TPSA) is 87.6 Å². The van der Waals surface area contributed by atoms with Crippen LogP contribution in [0.4, 0.5) is 5.69 Å². The molecule has 6 nitrogen and oxygen atoms in total. The Morgan fingerprint density at radius 3 is 2.36 bits per heavy atom. The van der Waals surface area contributed by atoms with Gasteiger partial charge in [0, 0.05) is 6.20 Å². The number of aromatic nitrogens is 1. The number of benzene rings is 1. The van der Waals surface area contributed by atoms with Gasteiger partial charge in [-0.1, -0.05) is 24.3 Å². The number of rotatable bonds is 6. The number of carboxylic acids is 1. The van der Waals surface area contributed by atoms with Crippen LogP contribution in [0.2, 0.25) is 0 Å². The van der Waals surface area contributed by atoms with Crippen molar-refractivity contribution >= 4 is 21.7 Å². The number of hydrogen-bond acceptors (Lipinski definition) is 4. The van der Waals surface area contributed by atoms with Crippen molar-refractivity contribution < 1.29 is 18.3 Å². The van der Waals surface area contributed by atoms with E-state index in [-0.39, 0.29) is 11.4 Å². The van der Waals surface area contributed by atoms with Crippen molar-refractivity contribution in [2.75, 3.05) is 4.31 Å². The molecule has 0 aliphatic heterocycles. The summed E-state index contributed by atoms with van der Waals surface area (Å²) in [5, 5.41) is 8.86. The zero-order valence-electron chi connectivity index (χ0n) is 12.0. The number of sulfonamides is 1. The van der Waals surface area contributed by atoms with Crippen molar-refractivity contribution in [3.8, 4) is 0 Å². The minimum atomic E-state index is -3.94. The minimum absolute atomic E-state index is 0.115. The summed E-state index contributed by atoms with van der Waals surface area (Å²) in [5.41, 5.74) is 0.405. The van der Waals surface area contributed by atoms with Gasteiger partial charge in [-0.15, -0.1) is 0 Å². The van der Waals surface area contributed by atoms with E-state index in [1.165, 1.54) is 12.3 Å². The van der Waals surface area contributed by atoms with E-state index < -0.39 is 22.0 Å². The van der Waals surface area contributed by atoms with Crippen LogP contribution in [0.3, 0.4) is 0 Å². The molecule has 2 rings (SSSR count). The Morgan fingerprint density at radius 2 is 1.82 bits per heavy atom. The average molecular weight is 320 g/mol. The van der Waals surface area contributed by atoms with E-state index in [1.54, 1.807) is 49.4 Å². The quantitative estimate of drug-likeness (QED) is 0.881. The number of pyridine rings is 1. The molecule has 1 aromatic carbocycles. The summed E-state index contributed by atoms with van der Waals surface area (Å²) in [6, 6.07) is 12.2. The van der Waals surface area contributed by atoms with Gasteiger partial charge < -0.3 is 5.11 Å². The second-order valence-electron chi connectivity index (χ2n) is 4.75. The van der Waals surface area contributed by atoms with Crippen molar-refractivity contribution in [3.05, 3.63) is 54.7 Å². The van der Waals surface area contributed by atoms with Gasteiger partial charge in [0.25, 0.3) is 10.0 Å². The molecular formula is C15H16N2O4S. The highest BCUT2D eigenvalue weighted by Gasteiger charge is 2.31. The first-order valence-corrected chi connectivity index (χ1v) is 8.09. The van der Waals surface area contributed by atoms with Gasteiger partial charge in [-0.25, -0.2) is 4.98 Å². The lowest BCUT2D eigenvalue weighted by Crippen LogP contribution is -2.40. The van der Waals surface area contributed by atoms with Crippen LogP contribution in [0, 0.1) is 0 Å². The maximum Gasteiger partial charge on any atom is 0.305 e. The molecule has 0 aliphatic carbocycles. The van der Waals surface area contributed by atoms with Gasteiger partial charge >= 0.3 is 5.97 Å². The Balaban J connectivity index is 2.51. The van der Waals surface area contributed by atoms with Crippen LogP contribution in [-0.4, -0.2) is 30.5 Å². The molecular weight excluding hydrogens is 304 g/mol. The molecule has 0 amide bonds. The normalized spacial score (nSPS) is 12.6. The van der Waals surface area contributed by atoms with E-state index in [4.69, 9.17) is 5.11 Å². The molecule has 22 heavy (non-hydrogen) atoms. The molecule has 1 aromatic heterocycles. The van der Waals surface area contributed by atoms with Gasteiger partial charge in [-0.05, 0) is 31.2 Å². The van der Waals surface area contributed by atoms with Crippen LogP contribution in [0.15, 0.2) is 59.8 Å². The fourth-order valence-electron chi connectivity index (χ4n) is 2.14. The zero-order chi connectivity index (χ0) is 16.2. The molecule has 0 bridgehead atoms. The molecule has 1 heterocycles. The summed E-state index contributed by atoms with van der Waals surface area (Å²) in [6.45, 7) is 1.56. The monoisotopic (exact) mass is 320 g/mol. The second kappa shape index (κ2) is 6.57. The SMILES string of the molecule is CC(CC(=O)O)N(c1ccccc1)S(=O)(=O)c1ccccn1. The van der Waals surface area contributed by atoms with E-state index in [0.717, 1.165) is 4.31 Å². The van der Waals surface area contributed by atoms with Crippen LogP contribution in [0.5, 0.6) is 0 Å². The third-order valence-electron chi connectivity index (χ3n) is 3.04. The predicted octanol–water partition coefficient (Wildman–Crippen LogP) is 2.14. The lowest BCUT2D eigenvalue weighted by atomic mass is 10.2. The number of para-hydroxylation sites is 1. The van der Waals surface area contributed by atoms with E-state index in [9.17, 15) is 13.2 Å². The summed E-state index contributed by atoms with van der Waals surface area (Å²) >= 11 is 0. The van der Waals surface area contributed by atoms with Crippen molar-refractivity contribution in [1.29, 1.82) is 0 Å². The first-order valence-electron chi connectivity index (χ1n) is 6.65. The predicted molar refractivity (Wildman–Crippen MR) is 82.1 cm³/mol. The Hall–Kier alpha value is -2.41. The van der Waals surface area contributed by atoms with E-state index in [2.05, 4.69) is 4.98 Å². The van der Waals surface area contributed by atoms with Crippen molar-refractivity contribution in [2.45, 2.75) is 24.4 Å². The van der Waals surface area contributed by atoms with Crippen LogP contribution in [-0.2, 0) is 14.8 Å². The Morgan fingerprint density at radius 1 is 1.18 bits per heavy atom. The lowest BCUT2D eigenvalue weighted by molar-refractivity contribution is -0.137. The van der Waals surface area contributed by atoms with Crippen molar-refractivity contribution in [1.82, 2.24) is 4.98 Å². The van der Waals surface area contributed by atoms with E-state index >= 15 is 0 Å². The standard InChI is InChI=1S/C15H16N2O4S/c1-12(11-15(18)19)17(13-7-3-2-4-8-13)22(20,21)14-9-5-6-10-16-14/h2-10,12H,11H2,1H3,(H,18,19). The molecule has 0 saturated carbocycles. The Kier molecular flexibility index (Phi) is 4.77. The van der Waals surface area contributed by atoms with Gasteiger partial charge in [0.15, 0.2) is 5.03 Å². The summed E-state index contributed by atoms with van der Waals surface area (Å²) in [6.07, 6.45) is 1.08. The largest absolute Gasteiger partial charge is 0.481 e. The number of carboxylic acid groups (broad SMARTS) is 1. The highest BCUT2D eigenvalue weighted by molar-refractivity contribution is 7.92. The van der Waals surface area contributed by atoms with E-state index in [1.807, 2.05) is 0 Å². The molecule has 0 saturated heterocycles. The van der Waals surface area contributed by atoms with Crippen molar-refractivity contribution in [3.63, 3.8) is 0 Å². The van der Waals surface area contributed by atoms with E-state index in [0.29, 0.717) is 5.69 Å².